The minimum atomic E-state index is -0.546. The largest absolute Gasteiger partial charge is 0.497 e. The van der Waals surface area contributed by atoms with Crippen LogP contribution in [-0.4, -0.2) is 24.5 Å². The number of nitrogens with zero attached hydrogens (tertiary/aromatic N) is 1. The van der Waals surface area contributed by atoms with Crippen LogP contribution in [0.3, 0.4) is 0 Å². The van der Waals surface area contributed by atoms with Crippen LogP contribution in [0.15, 0.2) is 57.7 Å². The normalized spacial score (nSPS) is 10.6. The number of nitrogens with one attached hydrogen (secondary N) is 1. The van der Waals surface area contributed by atoms with Gasteiger partial charge in [0, 0.05) is 42.1 Å². The van der Waals surface area contributed by atoms with Gasteiger partial charge in [-0.25, -0.2) is 4.79 Å². The zero-order chi connectivity index (χ0) is 21.5. The molecule has 0 spiro atoms. The predicted octanol–water partition coefficient (Wildman–Crippen LogP) is 3.65. The van der Waals surface area contributed by atoms with Crippen molar-refractivity contribution in [1.82, 2.24) is 0 Å². The third-order valence-corrected chi connectivity index (χ3v) is 4.40. The van der Waals surface area contributed by atoms with Gasteiger partial charge in [-0.3, -0.25) is 14.9 Å². The molecule has 0 amide bonds. The number of carbonyl (C=O) groups is 1. The Balaban J connectivity index is 1.53. The van der Waals surface area contributed by atoms with Gasteiger partial charge in [-0.2, -0.15) is 0 Å². The maximum atomic E-state index is 12.0. The molecule has 3 rings (SSSR count). The van der Waals surface area contributed by atoms with E-state index in [0.29, 0.717) is 40.9 Å². The van der Waals surface area contributed by atoms with Crippen LogP contribution in [-0.2, 0) is 16.1 Å². The Morgan fingerprint density at radius 3 is 2.77 bits per heavy atom. The maximum absolute atomic E-state index is 12.0. The highest BCUT2D eigenvalue weighted by atomic mass is 16.6. The fourth-order valence-corrected chi connectivity index (χ4v) is 2.93. The van der Waals surface area contributed by atoms with Crippen LogP contribution >= 0.6 is 0 Å². The molecule has 0 bridgehead atoms. The third-order valence-electron chi connectivity index (χ3n) is 4.40. The molecule has 1 N–H and O–H groups in total. The Bertz CT molecular complexity index is 1120. The van der Waals surface area contributed by atoms with E-state index in [-0.39, 0.29) is 18.7 Å². The summed E-state index contributed by atoms with van der Waals surface area (Å²) in [5.41, 5.74) is 0.715. The molecular formula is C21H20N2O7. The van der Waals surface area contributed by atoms with Gasteiger partial charge in [0.05, 0.1) is 12.0 Å². The topological polar surface area (TPSA) is 121 Å². The molecule has 0 atom stereocenters. The van der Waals surface area contributed by atoms with E-state index in [2.05, 4.69) is 5.32 Å². The monoisotopic (exact) mass is 412 g/mol. The van der Waals surface area contributed by atoms with Crippen molar-refractivity contribution in [3.63, 3.8) is 0 Å². The number of para-hydroxylation sites is 2. The molecule has 0 aliphatic carbocycles. The fraction of sp³-hybridized carbons (Fsp3) is 0.238. The highest BCUT2D eigenvalue weighted by molar-refractivity contribution is 5.81. The second kappa shape index (κ2) is 9.55. The van der Waals surface area contributed by atoms with E-state index < -0.39 is 16.5 Å². The van der Waals surface area contributed by atoms with Crippen molar-refractivity contribution < 1.29 is 23.6 Å². The van der Waals surface area contributed by atoms with Gasteiger partial charge >= 0.3 is 11.6 Å². The van der Waals surface area contributed by atoms with E-state index in [9.17, 15) is 19.7 Å². The summed E-state index contributed by atoms with van der Waals surface area (Å²) in [6, 6.07) is 12.6. The highest BCUT2D eigenvalue weighted by Crippen LogP contribution is 2.24. The molecule has 0 fully saturated rings. The van der Waals surface area contributed by atoms with Gasteiger partial charge in [-0.1, -0.05) is 12.1 Å². The van der Waals surface area contributed by atoms with Gasteiger partial charge in [-0.05, 0) is 24.6 Å². The average Bonchev–Trinajstić information content (AvgIpc) is 2.74. The van der Waals surface area contributed by atoms with Crippen LogP contribution in [0.4, 0.5) is 11.4 Å². The predicted molar refractivity (Wildman–Crippen MR) is 110 cm³/mol. The van der Waals surface area contributed by atoms with Gasteiger partial charge in [0.2, 0.25) is 0 Å². The molecule has 9 heteroatoms. The molecule has 9 nitrogen and oxygen atoms in total. The van der Waals surface area contributed by atoms with Gasteiger partial charge in [0.1, 0.15) is 23.6 Å². The Hall–Kier alpha value is -3.88. The number of rotatable bonds is 9. The number of nitro groups is 1. The number of nitro benzene ring substituents is 1. The zero-order valence-electron chi connectivity index (χ0n) is 16.3. The first-order valence-electron chi connectivity index (χ1n) is 9.21. The molecule has 1 aromatic heterocycles. The molecule has 0 radical (unpaired) electrons. The van der Waals surface area contributed by atoms with Crippen LogP contribution in [0.25, 0.3) is 11.0 Å². The summed E-state index contributed by atoms with van der Waals surface area (Å²) in [5.74, 6) is 0.111. The second-order valence-corrected chi connectivity index (χ2v) is 6.42. The van der Waals surface area contributed by atoms with E-state index in [0.717, 1.165) is 0 Å². The van der Waals surface area contributed by atoms with Gasteiger partial charge in [0.15, 0.2) is 0 Å². The van der Waals surface area contributed by atoms with Crippen molar-refractivity contribution >= 4 is 28.3 Å². The minimum absolute atomic E-state index is 0.0218. The molecule has 0 unspecified atom stereocenters. The Labute approximate surface area is 171 Å². The zero-order valence-corrected chi connectivity index (χ0v) is 16.3. The lowest BCUT2D eigenvalue weighted by Gasteiger charge is -2.09. The number of esters is 1. The van der Waals surface area contributed by atoms with Crippen LogP contribution in [0.5, 0.6) is 5.75 Å². The second-order valence-electron chi connectivity index (χ2n) is 6.42. The van der Waals surface area contributed by atoms with Crippen molar-refractivity contribution in [2.75, 3.05) is 19.0 Å². The SMILES string of the molecule is COc1ccc2c(COC(=O)CCCNc3ccccc3[N+](=O)[O-])cc(=O)oc2c1. The Kier molecular flexibility index (Phi) is 6.63. The Morgan fingerprint density at radius 2 is 2.00 bits per heavy atom. The first-order chi connectivity index (χ1) is 14.5. The van der Waals surface area contributed by atoms with Crippen molar-refractivity contribution in [1.29, 1.82) is 0 Å². The number of carbonyl (C=O) groups excluding carboxylic acids is 1. The van der Waals surface area contributed by atoms with Gasteiger partial charge < -0.3 is 19.2 Å². The van der Waals surface area contributed by atoms with Crippen molar-refractivity contribution in [3.05, 3.63) is 74.6 Å². The molecule has 30 heavy (non-hydrogen) atoms. The summed E-state index contributed by atoms with van der Waals surface area (Å²) in [6.07, 6.45) is 0.556. The van der Waals surface area contributed by atoms with Crippen LogP contribution in [0, 0.1) is 10.1 Å². The molecule has 156 valence electrons. The number of fused-ring (bicyclic) bond motifs is 1. The number of hydrogen-bond donors (Lipinski definition) is 1. The number of hydrogen-bond acceptors (Lipinski definition) is 8. The van der Waals surface area contributed by atoms with Crippen LogP contribution in [0.2, 0.25) is 0 Å². The summed E-state index contributed by atoms with van der Waals surface area (Å²) in [5, 5.41) is 14.6. The molecular weight excluding hydrogens is 392 g/mol. The van der Waals surface area contributed by atoms with Crippen molar-refractivity contribution in [2.24, 2.45) is 0 Å². The molecule has 0 saturated carbocycles. The maximum Gasteiger partial charge on any atom is 0.336 e. The third kappa shape index (κ3) is 5.13. The summed E-state index contributed by atoms with van der Waals surface area (Å²) >= 11 is 0. The van der Waals surface area contributed by atoms with Gasteiger partial charge in [-0.15, -0.1) is 0 Å². The smallest absolute Gasteiger partial charge is 0.336 e. The lowest BCUT2D eigenvalue weighted by Crippen LogP contribution is -2.10. The highest BCUT2D eigenvalue weighted by Gasteiger charge is 2.12. The number of ether oxygens (including phenoxy) is 2. The summed E-state index contributed by atoms with van der Waals surface area (Å²) in [4.78, 5) is 34.3. The van der Waals surface area contributed by atoms with Crippen molar-refractivity contribution in [2.45, 2.75) is 19.4 Å². The molecule has 0 saturated heterocycles. The average molecular weight is 412 g/mol. The van der Waals surface area contributed by atoms with E-state index in [1.165, 1.54) is 19.2 Å². The summed E-state index contributed by atoms with van der Waals surface area (Å²) < 4.78 is 15.6. The standard InChI is InChI=1S/C21H20N2O7/c1-28-15-8-9-16-14(11-21(25)30-19(16)12-15)13-29-20(24)7-4-10-22-17-5-2-3-6-18(17)23(26)27/h2-3,5-6,8-9,11-12,22H,4,7,10,13H2,1H3. The van der Waals surface area contributed by atoms with E-state index in [4.69, 9.17) is 13.9 Å². The van der Waals surface area contributed by atoms with Crippen LogP contribution in [0.1, 0.15) is 18.4 Å². The lowest BCUT2D eigenvalue weighted by atomic mass is 10.1. The molecule has 3 aromatic rings. The van der Waals surface area contributed by atoms with E-state index >= 15 is 0 Å². The summed E-state index contributed by atoms with van der Waals surface area (Å²) in [7, 11) is 1.51. The fourth-order valence-electron chi connectivity index (χ4n) is 2.93. The van der Waals surface area contributed by atoms with E-state index in [1.54, 1.807) is 36.4 Å². The number of anilines is 1. The summed E-state index contributed by atoms with van der Waals surface area (Å²) in [6.45, 7) is 0.308. The number of benzene rings is 2. The quantitative estimate of drug-likeness (QED) is 0.186. The van der Waals surface area contributed by atoms with Gasteiger partial charge in [0.25, 0.3) is 5.69 Å². The molecule has 0 aliphatic rings. The minimum Gasteiger partial charge on any atom is -0.497 e. The van der Waals surface area contributed by atoms with E-state index in [1.807, 2.05) is 0 Å². The lowest BCUT2D eigenvalue weighted by molar-refractivity contribution is -0.384. The molecule has 0 aliphatic heterocycles. The van der Waals surface area contributed by atoms with Crippen molar-refractivity contribution in [3.8, 4) is 5.75 Å². The Morgan fingerprint density at radius 1 is 1.20 bits per heavy atom. The molecule has 1 heterocycles. The first kappa shape index (κ1) is 20.8. The van der Waals surface area contributed by atoms with Crippen LogP contribution < -0.4 is 15.7 Å². The molecule has 2 aromatic carbocycles. The first-order valence-corrected chi connectivity index (χ1v) is 9.21. The number of methoxy groups -OCH3 is 1.